The number of nitrogens with one attached hydrogen (secondary N) is 1. The molecule has 2 amide bonds. The summed E-state index contributed by atoms with van der Waals surface area (Å²) < 4.78 is 10.3. The van der Waals surface area contributed by atoms with E-state index in [1.165, 1.54) is 7.05 Å². The molecule has 0 bridgehead atoms. The summed E-state index contributed by atoms with van der Waals surface area (Å²) in [7, 11) is 1.38. The van der Waals surface area contributed by atoms with Crippen molar-refractivity contribution in [2.45, 2.75) is 32.1 Å². The third-order valence-electron chi connectivity index (χ3n) is 4.38. The molecule has 0 aliphatic carbocycles. The number of carbonyl (C=O) groups excluding carboxylic acids is 2. The number of alkyl carbamates (subject to hydrolysis) is 1. The van der Waals surface area contributed by atoms with Gasteiger partial charge in [-0.25, -0.2) is 14.4 Å². The summed E-state index contributed by atoms with van der Waals surface area (Å²) in [5.41, 5.74) is 1.68. The molecule has 0 saturated carbocycles. The number of hydrogen-bond donors (Lipinski definition) is 2. The number of carboxylic acids is 1. The highest BCUT2D eigenvalue weighted by Crippen LogP contribution is 2.09. The lowest BCUT2D eigenvalue weighted by atomic mass is 10.1. The summed E-state index contributed by atoms with van der Waals surface area (Å²) in [6.45, 7) is 0.440. The van der Waals surface area contributed by atoms with Crippen molar-refractivity contribution in [1.82, 2.24) is 10.2 Å². The van der Waals surface area contributed by atoms with Crippen LogP contribution in [0.3, 0.4) is 0 Å². The van der Waals surface area contributed by atoms with Gasteiger partial charge in [0.2, 0.25) is 0 Å². The summed E-state index contributed by atoms with van der Waals surface area (Å²) in [4.78, 5) is 36.5. The van der Waals surface area contributed by atoms with E-state index in [9.17, 15) is 19.5 Å². The minimum atomic E-state index is -1.14. The van der Waals surface area contributed by atoms with E-state index in [2.05, 4.69) is 5.32 Å². The Bertz CT molecular complexity index is 813. The smallest absolute Gasteiger partial charge is 0.410 e. The highest BCUT2D eigenvalue weighted by molar-refractivity contribution is 5.79. The fourth-order valence-corrected chi connectivity index (χ4v) is 2.69. The Morgan fingerprint density at radius 3 is 2.00 bits per heavy atom. The first kappa shape index (κ1) is 22.7. The third kappa shape index (κ3) is 7.83. The van der Waals surface area contributed by atoms with Crippen molar-refractivity contribution < 1.29 is 29.0 Å². The Kier molecular flexibility index (Phi) is 9.18. The molecule has 0 spiro atoms. The van der Waals surface area contributed by atoms with Crippen molar-refractivity contribution in [1.29, 1.82) is 0 Å². The molecule has 30 heavy (non-hydrogen) atoms. The van der Waals surface area contributed by atoms with E-state index < -0.39 is 24.2 Å². The van der Waals surface area contributed by atoms with Crippen LogP contribution in [0.25, 0.3) is 0 Å². The second-order valence-electron chi connectivity index (χ2n) is 6.64. The maximum Gasteiger partial charge on any atom is 0.410 e. The van der Waals surface area contributed by atoms with Gasteiger partial charge in [0.05, 0.1) is 0 Å². The second kappa shape index (κ2) is 12.1. The van der Waals surface area contributed by atoms with E-state index in [1.807, 2.05) is 60.7 Å². The van der Waals surface area contributed by atoms with Crippen molar-refractivity contribution in [3.63, 3.8) is 0 Å². The van der Waals surface area contributed by atoms with Gasteiger partial charge in [-0.2, -0.15) is 0 Å². The Balaban J connectivity index is 1.70. The van der Waals surface area contributed by atoms with Gasteiger partial charge in [-0.15, -0.1) is 0 Å². The van der Waals surface area contributed by atoms with Gasteiger partial charge >= 0.3 is 18.2 Å². The zero-order valence-electron chi connectivity index (χ0n) is 16.8. The molecule has 2 N–H and O–H groups in total. The van der Waals surface area contributed by atoms with E-state index in [0.717, 1.165) is 16.0 Å². The van der Waals surface area contributed by atoms with Crippen LogP contribution in [0.1, 0.15) is 24.0 Å². The van der Waals surface area contributed by atoms with Crippen molar-refractivity contribution in [2.75, 3.05) is 13.6 Å². The van der Waals surface area contributed by atoms with E-state index in [0.29, 0.717) is 6.42 Å². The average molecular weight is 414 g/mol. The summed E-state index contributed by atoms with van der Waals surface area (Å²) >= 11 is 0. The number of aliphatic carboxylic acids is 1. The van der Waals surface area contributed by atoms with Gasteiger partial charge in [-0.05, 0) is 24.0 Å². The summed E-state index contributed by atoms with van der Waals surface area (Å²) in [6.07, 6.45) is -0.790. The van der Waals surface area contributed by atoms with Gasteiger partial charge in [0.25, 0.3) is 0 Å². The lowest BCUT2D eigenvalue weighted by molar-refractivity contribution is -0.142. The molecule has 0 saturated heterocycles. The van der Waals surface area contributed by atoms with Crippen LogP contribution in [-0.2, 0) is 27.5 Å². The van der Waals surface area contributed by atoms with Crippen LogP contribution >= 0.6 is 0 Å². The molecule has 2 rings (SSSR count). The van der Waals surface area contributed by atoms with Crippen LogP contribution in [0.5, 0.6) is 0 Å². The van der Waals surface area contributed by atoms with Crippen molar-refractivity contribution >= 4 is 18.2 Å². The molecule has 0 aliphatic heterocycles. The summed E-state index contributed by atoms with van der Waals surface area (Å²) in [5, 5.41) is 12.0. The third-order valence-corrected chi connectivity index (χ3v) is 4.38. The zero-order valence-corrected chi connectivity index (χ0v) is 16.8. The highest BCUT2D eigenvalue weighted by Gasteiger charge is 2.27. The molecule has 0 heterocycles. The molecular weight excluding hydrogens is 388 g/mol. The molecule has 0 aromatic heterocycles. The van der Waals surface area contributed by atoms with Crippen LogP contribution in [0.4, 0.5) is 9.59 Å². The number of benzene rings is 2. The molecule has 0 radical (unpaired) electrons. The predicted molar refractivity (Wildman–Crippen MR) is 110 cm³/mol. The minimum absolute atomic E-state index is 0.0607. The first-order chi connectivity index (χ1) is 14.5. The SMILES string of the molecule is CN(C(=O)OCc1ccccc1)[C@@H](CCCNC(=O)OCc1ccccc1)C(=O)O. The molecule has 8 nitrogen and oxygen atoms in total. The number of ether oxygens (including phenoxy) is 2. The van der Waals surface area contributed by atoms with Crippen LogP contribution in [0.2, 0.25) is 0 Å². The summed E-state index contributed by atoms with van der Waals surface area (Å²) in [5.74, 6) is -1.14. The molecule has 0 aliphatic rings. The molecule has 2 aromatic carbocycles. The standard InChI is InChI=1S/C22H26N2O6/c1-24(22(28)30-16-18-11-6-3-7-12-18)19(20(25)26)13-8-14-23-21(27)29-15-17-9-4-2-5-10-17/h2-7,9-12,19H,8,13-16H2,1H3,(H,23,27)(H,25,26)/t19-/m0/s1. The Morgan fingerprint density at radius 2 is 1.47 bits per heavy atom. The molecule has 8 heteroatoms. The van der Waals surface area contributed by atoms with Crippen LogP contribution in [0.15, 0.2) is 60.7 Å². The van der Waals surface area contributed by atoms with Crippen LogP contribution < -0.4 is 5.32 Å². The topological polar surface area (TPSA) is 105 Å². The monoisotopic (exact) mass is 414 g/mol. The lowest BCUT2D eigenvalue weighted by Gasteiger charge is -2.24. The maximum absolute atomic E-state index is 12.2. The van der Waals surface area contributed by atoms with Gasteiger partial charge in [-0.3, -0.25) is 4.90 Å². The van der Waals surface area contributed by atoms with Gasteiger partial charge in [0.1, 0.15) is 19.3 Å². The molecule has 0 unspecified atom stereocenters. The predicted octanol–water partition coefficient (Wildman–Crippen LogP) is 3.41. The van der Waals surface area contributed by atoms with Crippen molar-refractivity contribution in [2.24, 2.45) is 0 Å². The first-order valence-corrected chi connectivity index (χ1v) is 9.58. The molecule has 1 atom stereocenters. The molecular formula is C22H26N2O6. The molecule has 0 fully saturated rings. The quantitative estimate of drug-likeness (QED) is 0.577. The number of carboxylic acid groups (broad SMARTS) is 1. The van der Waals surface area contributed by atoms with Crippen LogP contribution in [-0.4, -0.2) is 47.8 Å². The molecule has 2 aromatic rings. The van der Waals surface area contributed by atoms with E-state index >= 15 is 0 Å². The van der Waals surface area contributed by atoms with Crippen molar-refractivity contribution in [3.05, 3.63) is 71.8 Å². The largest absolute Gasteiger partial charge is 0.480 e. The van der Waals surface area contributed by atoms with Crippen LogP contribution in [0, 0.1) is 0 Å². The Labute approximate surface area is 175 Å². The van der Waals surface area contributed by atoms with E-state index in [-0.39, 0.29) is 26.2 Å². The maximum atomic E-state index is 12.2. The number of amides is 2. The normalized spacial score (nSPS) is 11.2. The van der Waals surface area contributed by atoms with Gasteiger partial charge in [-0.1, -0.05) is 60.7 Å². The van der Waals surface area contributed by atoms with Gasteiger partial charge < -0.3 is 19.9 Å². The number of hydrogen-bond acceptors (Lipinski definition) is 5. The van der Waals surface area contributed by atoms with Gasteiger partial charge in [0.15, 0.2) is 0 Å². The van der Waals surface area contributed by atoms with Crippen molar-refractivity contribution in [3.8, 4) is 0 Å². The Hall–Kier alpha value is -3.55. The zero-order chi connectivity index (χ0) is 21.8. The van der Waals surface area contributed by atoms with E-state index in [4.69, 9.17) is 9.47 Å². The van der Waals surface area contributed by atoms with Gasteiger partial charge in [0, 0.05) is 13.6 Å². The Morgan fingerprint density at radius 1 is 0.933 bits per heavy atom. The fourth-order valence-electron chi connectivity index (χ4n) is 2.69. The minimum Gasteiger partial charge on any atom is -0.480 e. The highest BCUT2D eigenvalue weighted by atomic mass is 16.6. The van der Waals surface area contributed by atoms with E-state index in [1.54, 1.807) is 0 Å². The number of likely N-dealkylation sites (N-methyl/N-ethyl adjacent to an activating group) is 1. The number of carbonyl (C=O) groups is 3. The average Bonchev–Trinajstić information content (AvgIpc) is 2.76. The first-order valence-electron chi connectivity index (χ1n) is 9.58. The number of nitrogens with zero attached hydrogens (tertiary/aromatic N) is 1. The summed E-state index contributed by atoms with van der Waals surface area (Å²) in [6, 6.07) is 17.3. The second-order valence-corrected chi connectivity index (χ2v) is 6.64. The fraction of sp³-hybridized carbons (Fsp3) is 0.318. The molecule has 160 valence electrons. The lowest BCUT2D eigenvalue weighted by Crippen LogP contribution is -2.43. The number of rotatable bonds is 10.